The minimum Gasteiger partial charge on any atom is -0.508 e. The first-order chi connectivity index (χ1) is 16.4. The highest BCUT2D eigenvalue weighted by molar-refractivity contribution is 7.51. The number of phenols is 3. The Kier molecular flexibility index (Phi) is 20.4. The zero-order valence-electron chi connectivity index (χ0n) is 18.2. The lowest BCUT2D eigenvalue weighted by Gasteiger charge is -2.02. The Bertz CT molecular complexity index is 881. The minimum atomic E-state index is -4.10. The van der Waals surface area contributed by atoms with E-state index in [0.717, 1.165) is 24.3 Å². The van der Waals surface area contributed by atoms with Crippen LogP contribution in [0.2, 0.25) is 0 Å². The van der Waals surface area contributed by atoms with Crippen LogP contribution in [0.15, 0.2) is 30.4 Å². The molecule has 0 spiro atoms. The summed E-state index contributed by atoms with van der Waals surface area (Å²) in [7, 11) is -4.10. The Labute approximate surface area is 202 Å². The van der Waals surface area contributed by atoms with E-state index >= 15 is 0 Å². The summed E-state index contributed by atoms with van der Waals surface area (Å²) in [5, 5.41) is 59.8. The summed E-state index contributed by atoms with van der Waals surface area (Å²) in [5.74, 6) is -0.944. The van der Waals surface area contributed by atoms with Gasteiger partial charge in [0.2, 0.25) is 0 Å². The number of hydrogen-bond acceptors (Lipinski definition) is 11. The fourth-order valence-electron chi connectivity index (χ4n) is 1.30. The van der Waals surface area contributed by atoms with Crippen LogP contribution in [0.25, 0.3) is 0 Å². The van der Waals surface area contributed by atoms with E-state index in [1.54, 1.807) is 5.43 Å². The lowest BCUT2D eigenvalue weighted by Crippen LogP contribution is -2.28. The molecule has 36 heavy (non-hydrogen) atoms. The van der Waals surface area contributed by atoms with E-state index in [2.05, 4.69) is 11.2 Å². The third kappa shape index (κ3) is 34.4. The molecule has 0 aliphatic heterocycles. The summed E-state index contributed by atoms with van der Waals surface area (Å²) in [4.78, 5) is 65.3. The van der Waals surface area contributed by atoms with Gasteiger partial charge in [-0.05, 0) is 0 Å². The second-order valence-electron chi connectivity index (χ2n) is 5.82. The van der Waals surface area contributed by atoms with Crippen molar-refractivity contribution in [3.63, 3.8) is 0 Å². The van der Waals surface area contributed by atoms with Crippen molar-refractivity contribution in [2.45, 2.75) is 12.8 Å². The summed E-state index contributed by atoms with van der Waals surface area (Å²) in [6.07, 6.45) is 0.328. The van der Waals surface area contributed by atoms with Crippen LogP contribution in [0, 0.1) is 0 Å². The van der Waals surface area contributed by atoms with Crippen LogP contribution in [0.5, 0.6) is 17.2 Å². The number of amides is 1. The fourth-order valence-corrected chi connectivity index (χ4v) is 1.70. The number of carbonyl (C=O) groups excluding carboxylic acids is 1. The average Bonchev–Trinajstić information content (AvgIpc) is 2.69. The van der Waals surface area contributed by atoms with Crippen LogP contribution < -0.4 is 16.6 Å². The molecule has 0 fully saturated rings. The maximum absolute atomic E-state index is 10.1. The highest BCUT2D eigenvalue weighted by atomic mass is 31.2. The average molecular weight is 543 g/mol. The zero-order valence-corrected chi connectivity index (χ0v) is 19.1. The topological polar surface area (TPSA) is 335 Å². The van der Waals surface area contributed by atoms with Gasteiger partial charge in [0.25, 0.3) is 5.91 Å². The van der Waals surface area contributed by atoms with E-state index in [4.69, 9.17) is 45.5 Å². The van der Waals surface area contributed by atoms with Crippen LogP contribution in [-0.4, -0.2) is 88.1 Å². The van der Waals surface area contributed by atoms with E-state index in [-0.39, 0.29) is 30.1 Å². The third-order valence-electron chi connectivity index (χ3n) is 2.55. The maximum atomic E-state index is 10.1. The number of hydrazine groups is 1. The summed E-state index contributed by atoms with van der Waals surface area (Å²) >= 11 is 0. The standard InChI is InChI=1S/C6H6O3.C4H6N2O3.C4H6O4.C3H8NO5P/c7-4-1-5(8)3-6(9)2-4;5-6-3(7)1-2-4(8)9;5-3(6)1-2-4(7)8;5-3(6)1-4-2-10(7,8)9/h1-3,7-9H;1-2H,5H2,(H,6,7)(H,8,9);1-2H2,(H,5,6)(H,7,8);4H,1-2H2,(H,5,6)(H2,7,8,9)/b;2-1-;;. The van der Waals surface area contributed by atoms with E-state index in [1.807, 2.05) is 0 Å². The molecule has 13 N–H and O–H groups in total. The number of aromatic hydroxyl groups is 3. The summed E-state index contributed by atoms with van der Waals surface area (Å²) in [6, 6.07) is 3.42. The van der Waals surface area contributed by atoms with Crippen molar-refractivity contribution in [2.75, 3.05) is 12.8 Å². The first-order valence-electron chi connectivity index (χ1n) is 8.93. The summed E-state index contributed by atoms with van der Waals surface area (Å²) in [5.41, 5.74) is 1.73. The maximum Gasteiger partial charge on any atom is 0.339 e. The number of phenolic OH excluding ortho intramolecular Hbond substituents is 3. The number of aliphatic carboxylic acids is 4. The van der Waals surface area contributed by atoms with Crippen LogP contribution in [-0.2, 0) is 28.5 Å². The van der Waals surface area contributed by atoms with Gasteiger partial charge in [0.1, 0.15) is 17.2 Å². The molecular weight excluding hydrogens is 517 g/mol. The number of carboxylic acid groups (broad SMARTS) is 4. The molecule has 0 atom stereocenters. The number of nitrogens with one attached hydrogen (secondary N) is 2. The SMILES string of the molecule is NNC(=O)/C=C\C(=O)O.O=C(O)CCC(=O)O.O=C(O)CNCP(=O)(O)O.Oc1cc(O)cc(O)c1. The molecule has 19 heteroatoms. The number of rotatable bonds is 9. The van der Waals surface area contributed by atoms with Crippen molar-refractivity contribution in [3.8, 4) is 17.2 Å². The number of nitrogens with two attached hydrogens (primary N) is 1. The molecule has 18 nitrogen and oxygen atoms in total. The molecule has 1 aromatic rings. The number of hydrogen-bond donors (Lipinski definition) is 12. The van der Waals surface area contributed by atoms with Gasteiger partial charge in [-0.25, -0.2) is 10.6 Å². The molecule has 0 heterocycles. The molecule has 1 amide bonds. The van der Waals surface area contributed by atoms with Crippen molar-refractivity contribution in [1.29, 1.82) is 0 Å². The summed E-state index contributed by atoms with van der Waals surface area (Å²) in [6.45, 7) is -0.439. The second kappa shape index (κ2) is 20.2. The molecule has 1 rings (SSSR count). The van der Waals surface area contributed by atoms with Crippen molar-refractivity contribution in [3.05, 3.63) is 30.4 Å². The van der Waals surface area contributed by atoms with Gasteiger partial charge in [-0.2, -0.15) is 0 Å². The molecule has 0 radical (unpaired) electrons. The van der Waals surface area contributed by atoms with E-state index < -0.39 is 50.2 Å². The highest BCUT2D eigenvalue weighted by Crippen LogP contribution is 2.31. The second-order valence-corrected chi connectivity index (χ2v) is 7.46. The molecule has 0 unspecified atom stereocenters. The molecule has 1 aromatic carbocycles. The largest absolute Gasteiger partial charge is 0.508 e. The lowest BCUT2D eigenvalue weighted by molar-refractivity contribution is -0.143. The Hall–Kier alpha value is -4.22. The predicted molar refractivity (Wildman–Crippen MR) is 118 cm³/mol. The van der Waals surface area contributed by atoms with Crippen LogP contribution in [0.3, 0.4) is 0 Å². The van der Waals surface area contributed by atoms with Gasteiger partial charge in [-0.1, -0.05) is 0 Å². The van der Waals surface area contributed by atoms with Crippen LogP contribution in [0.4, 0.5) is 0 Å². The molecule has 0 aliphatic carbocycles. The van der Waals surface area contributed by atoms with E-state index in [9.17, 15) is 28.5 Å². The van der Waals surface area contributed by atoms with Crippen molar-refractivity contribution < 1.29 is 74.1 Å². The quantitative estimate of drug-likeness (QED) is 0.0534. The van der Waals surface area contributed by atoms with Crippen molar-refractivity contribution in [1.82, 2.24) is 10.7 Å². The van der Waals surface area contributed by atoms with Crippen LogP contribution in [0.1, 0.15) is 12.8 Å². The van der Waals surface area contributed by atoms with Gasteiger partial charge in [0.15, 0.2) is 0 Å². The first-order valence-corrected chi connectivity index (χ1v) is 10.7. The number of carboxylic acids is 4. The third-order valence-corrected chi connectivity index (χ3v) is 3.19. The highest BCUT2D eigenvalue weighted by Gasteiger charge is 2.11. The Morgan fingerprint density at radius 3 is 1.42 bits per heavy atom. The van der Waals surface area contributed by atoms with Crippen molar-refractivity contribution >= 4 is 37.4 Å². The summed E-state index contributed by atoms with van der Waals surface area (Å²) < 4.78 is 10.1. The van der Waals surface area contributed by atoms with Gasteiger partial charge in [0.05, 0.1) is 25.7 Å². The van der Waals surface area contributed by atoms with Gasteiger partial charge < -0.3 is 45.5 Å². The van der Waals surface area contributed by atoms with E-state index in [0.29, 0.717) is 6.08 Å². The lowest BCUT2D eigenvalue weighted by atomic mass is 10.3. The number of benzene rings is 1. The predicted octanol–water partition coefficient (Wildman–Crippen LogP) is -1.85. The molecule has 204 valence electrons. The van der Waals surface area contributed by atoms with Crippen molar-refractivity contribution in [2.24, 2.45) is 5.84 Å². The monoisotopic (exact) mass is 543 g/mol. The Balaban J connectivity index is -0.000000405. The minimum absolute atomic E-state index is 0.146. The van der Waals surface area contributed by atoms with Crippen LogP contribution >= 0.6 is 7.60 Å². The molecule has 0 saturated heterocycles. The smallest absolute Gasteiger partial charge is 0.339 e. The molecule has 0 saturated carbocycles. The fraction of sp³-hybridized carbons (Fsp3) is 0.235. The number of carbonyl (C=O) groups is 5. The van der Waals surface area contributed by atoms with Gasteiger partial charge >= 0.3 is 31.5 Å². The van der Waals surface area contributed by atoms with Gasteiger partial charge in [-0.15, -0.1) is 0 Å². The van der Waals surface area contributed by atoms with Gasteiger partial charge in [-0.3, -0.25) is 34.5 Å². The molecular formula is C17H26N3O15P. The zero-order chi connectivity index (χ0) is 28.9. The normalized spacial score (nSPS) is 9.75. The van der Waals surface area contributed by atoms with Gasteiger partial charge in [0, 0.05) is 30.4 Å². The molecule has 0 aromatic heterocycles. The Morgan fingerprint density at radius 2 is 1.17 bits per heavy atom. The molecule has 0 aliphatic rings. The van der Waals surface area contributed by atoms with E-state index in [1.165, 1.54) is 0 Å². The first kappa shape index (κ1) is 36.4. The Morgan fingerprint density at radius 1 is 0.778 bits per heavy atom. The molecule has 0 bridgehead atoms.